The number of hydrogen-bond acceptors (Lipinski definition) is 2. The SMILES string of the molecule is CCc1nc2ccc(F)cn2c1C(=O)Nc1ccc(C)cc1. The quantitative estimate of drug-likeness (QED) is 0.803. The largest absolute Gasteiger partial charge is 0.321 e. The Hall–Kier alpha value is -2.69. The minimum atomic E-state index is -0.406. The van der Waals surface area contributed by atoms with Gasteiger partial charge in [0.1, 0.15) is 17.2 Å². The number of nitrogens with one attached hydrogen (secondary N) is 1. The molecule has 0 bridgehead atoms. The highest BCUT2D eigenvalue weighted by atomic mass is 19.1. The van der Waals surface area contributed by atoms with Gasteiger partial charge in [-0.3, -0.25) is 9.20 Å². The van der Waals surface area contributed by atoms with E-state index < -0.39 is 5.82 Å². The average Bonchev–Trinajstić information content (AvgIpc) is 2.87. The minimum absolute atomic E-state index is 0.293. The van der Waals surface area contributed by atoms with Crippen LogP contribution in [0.1, 0.15) is 28.7 Å². The summed E-state index contributed by atoms with van der Waals surface area (Å²) >= 11 is 0. The van der Waals surface area contributed by atoms with Gasteiger partial charge in [-0.25, -0.2) is 9.37 Å². The number of halogens is 1. The number of aryl methyl sites for hydroxylation is 2. The van der Waals surface area contributed by atoms with Crippen LogP contribution in [-0.2, 0) is 6.42 Å². The number of fused-ring (bicyclic) bond motifs is 1. The molecule has 0 saturated heterocycles. The molecular weight excluding hydrogens is 281 g/mol. The number of rotatable bonds is 3. The van der Waals surface area contributed by atoms with Gasteiger partial charge in [0.15, 0.2) is 0 Å². The summed E-state index contributed by atoms with van der Waals surface area (Å²) in [6, 6.07) is 10.4. The molecule has 0 unspecified atom stereocenters. The summed E-state index contributed by atoms with van der Waals surface area (Å²) in [5.41, 5.74) is 3.40. The van der Waals surface area contributed by atoms with Crippen LogP contribution < -0.4 is 5.32 Å². The molecule has 3 rings (SSSR count). The molecule has 0 saturated carbocycles. The number of benzene rings is 1. The van der Waals surface area contributed by atoms with Crippen molar-refractivity contribution < 1.29 is 9.18 Å². The van der Waals surface area contributed by atoms with Gasteiger partial charge < -0.3 is 5.32 Å². The van der Waals surface area contributed by atoms with Crippen LogP contribution in [0.4, 0.5) is 10.1 Å². The number of carbonyl (C=O) groups excluding carboxylic acids is 1. The predicted octanol–water partition coefficient (Wildman–Crippen LogP) is 3.60. The molecule has 2 aromatic heterocycles. The molecule has 22 heavy (non-hydrogen) atoms. The molecule has 0 spiro atoms. The molecule has 4 nitrogen and oxygen atoms in total. The Balaban J connectivity index is 2.02. The number of hydrogen-bond donors (Lipinski definition) is 1. The first-order chi connectivity index (χ1) is 10.6. The highest BCUT2D eigenvalue weighted by Gasteiger charge is 2.18. The Morgan fingerprint density at radius 2 is 1.95 bits per heavy atom. The number of imidazole rings is 1. The maximum atomic E-state index is 13.5. The number of pyridine rings is 1. The summed E-state index contributed by atoms with van der Waals surface area (Å²) < 4.78 is 15.0. The maximum Gasteiger partial charge on any atom is 0.274 e. The van der Waals surface area contributed by atoms with E-state index in [4.69, 9.17) is 0 Å². The van der Waals surface area contributed by atoms with Crippen molar-refractivity contribution in [2.24, 2.45) is 0 Å². The molecule has 0 atom stereocenters. The highest BCUT2D eigenvalue weighted by molar-refractivity contribution is 6.04. The van der Waals surface area contributed by atoms with E-state index >= 15 is 0 Å². The van der Waals surface area contributed by atoms with Crippen molar-refractivity contribution in [3.8, 4) is 0 Å². The second-order valence-electron chi connectivity index (χ2n) is 5.16. The molecule has 112 valence electrons. The van der Waals surface area contributed by atoms with Crippen LogP contribution in [-0.4, -0.2) is 15.3 Å². The molecule has 0 radical (unpaired) electrons. The smallest absolute Gasteiger partial charge is 0.274 e. The third-order valence-corrected chi connectivity index (χ3v) is 3.51. The topological polar surface area (TPSA) is 46.4 Å². The zero-order valence-electron chi connectivity index (χ0n) is 12.4. The average molecular weight is 297 g/mol. The van der Waals surface area contributed by atoms with Crippen molar-refractivity contribution >= 4 is 17.2 Å². The summed E-state index contributed by atoms with van der Waals surface area (Å²) in [4.78, 5) is 17.0. The molecular formula is C17H16FN3O. The number of aromatic nitrogens is 2. The first-order valence-corrected chi connectivity index (χ1v) is 7.13. The van der Waals surface area contributed by atoms with Gasteiger partial charge in [0.25, 0.3) is 5.91 Å². The summed E-state index contributed by atoms with van der Waals surface area (Å²) in [6.45, 7) is 3.90. The second kappa shape index (κ2) is 5.60. The third kappa shape index (κ3) is 2.57. The highest BCUT2D eigenvalue weighted by Crippen LogP contribution is 2.17. The lowest BCUT2D eigenvalue weighted by Gasteiger charge is -2.07. The maximum absolute atomic E-state index is 13.5. The van der Waals surface area contributed by atoms with Gasteiger partial charge in [-0.1, -0.05) is 24.6 Å². The Bertz CT molecular complexity index is 837. The van der Waals surface area contributed by atoms with Crippen LogP contribution in [0.3, 0.4) is 0 Å². The van der Waals surface area contributed by atoms with Crippen LogP contribution in [0.2, 0.25) is 0 Å². The molecule has 0 aliphatic carbocycles. The predicted molar refractivity (Wildman–Crippen MR) is 83.7 cm³/mol. The minimum Gasteiger partial charge on any atom is -0.321 e. The summed E-state index contributed by atoms with van der Waals surface area (Å²) in [7, 11) is 0. The van der Waals surface area contributed by atoms with Crippen molar-refractivity contribution in [3.05, 3.63) is 65.4 Å². The van der Waals surface area contributed by atoms with Crippen LogP contribution in [0, 0.1) is 12.7 Å². The van der Waals surface area contributed by atoms with Crippen LogP contribution >= 0.6 is 0 Å². The molecule has 3 aromatic rings. The molecule has 1 N–H and O–H groups in total. The molecule has 0 aliphatic rings. The Kier molecular flexibility index (Phi) is 3.63. The standard InChI is InChI=1S/C17H16FN3O/c1-3-14-16(21-10-12(18)6-9-15(21)20-14)17(22)19-13-7-4-11(2)5-8-13/h4-10H,3H2,1-2H3,(H,19,22). The van der Waals surface area contributed by atoms with Gasteiger partial charge in [-0.15, -0.1) is 0 Å². The number of nitrogens with zero attached hydrogens (tertiary/aromatic N) is 2. The lowest BCUT2D eigenvalue weighted by Crippen LogP contribution is -2.16. The zero-order chi connectivity index (χ0) is 15.7. The summed E-state index contributed by atoms with van der Waals surface area (Å²) in [5.74, 6) is -0.698. The summed E-state index contributed by atoms with van der Waals surface area (Å²) in [6.07, 6.45) is 1.88. The molecule has 1 aromatic carbocycles. The van der Waals surface area contributed by atoms with Crippen molar-refractivity contribution in [2.75, 3.05) is 5.32 Å². The van der Waals surface area contributed by atoms with Gasteiger partial charge in [0, 0.05) is 11.9 Å². The number of carbonyl (C=O) groups is 1. The molecule has 2 heterocycles. The first-order valence-electron chi connectivity index (χ1n) is 7.13. The Morgan fingerprint density at radius 3 is 2.64 bits per heavy atom. The van der Waals surface area contributed by atoms with E-state index in [1.54, 1.807) is 6.07 Å². The number of amides is 1. The molecule has 5 heteroatoms. The van der Waals surface area contributed by atoms with Crippen LogP contribution in [0.5, 0.6) is 0 Å². The van der Waals surface area contributed by atoms with Gasteiger partial charge >= 0.3 is 0 Å². The van der Waals surface area contributed by atoms with Gasteiger partial charge in [0.2, 0.25) is 0 Å². The van der Waals surface area contributed by atoms with Crippen molar-refractivity contribution in [3.63, 3.8) is 0 Å². The van der Waals surface area contributed by atoms with Crippen molar-refractivity contribution in [1.29, 1.82) is 0 Å². The van der Waals surface area contributed by atoms with E-state index in [0.29, 0.717) is 29.1 Å². The lowest BCUT2D eigenvalue weighted by molar-refractivity contribution is 0.102. The Labute approximate surface area is 127 Å². The van der Waals surface area contributed by atoms with E-state index in [1.165, 1.54) is 16.7 Å². The third-order valence-electron chi connectivity index (χ3n) is 3.51. The molecule has 1 amide bonds. The fourth-order valence-electron chi connectivity index (χ4n) is 2.38. The fourth-order valence-corrected chi connectivity index (χ4v) is 2.38. The van der Waals surface area contributed by atoms with E-state index in [2.05, 4.69) is 10.3 Å². The second-order valence-corrected chi connectivity index (χ2v) is 5.16. The molecule has 0 aliphatic heterocycles. The molecule has 0 fully saturated rings. The van der Waals surface area contributed by atoms with Gasteiger partial charge in [0.05, 0.1) is 5.69 Å². The monoisotopic (exact) mass is 297 g/mol. The fraction of sp³-hybridized carbons (Fsp3) is 0.176. The van der Waals surface area contributed by atoms with E-state index in [1.807, 2.05) is 38.1 Å². The van der Waals surface area contributed by atoms with E-state index in [0.717, 1.165) is 5.56 Å². The lowest BCUT2D eigenvalue weighted by atomic mass is 10.2. The van der Waals surface area contributed by atoms with E-state index in [9.17, 15) is 9.18 Å². The normalized spacial score (nSPS) is 10.9. The van der Waals surface area contributed by atoms with Crippen LogP contribution in [0.15, 0.2) is 42.6 Å². The van der Waals surface area contributed by atoms with E-state index in [-0.39, 0.29) is 5.91 Å². The van der Waals surface area contributed by atoms with Crippen molar-refractivity contribution in [1.82, 2.24) is 9.38 Å². The number of anilines is 1. The zero-order valence-corrected chi connectivity index (χ0v) is 12.4. The first kappa shape index (κ1) is 14.3. The van der Waals surface area contributed by atoms with Crippen molar-refractivity contribution in [2.45, 2.75) is 20.3 Å². The summed E-state index contributed by atoms with van der Waals surface area (Å²) in [5, 5.41) is 2.84. The van der Waals surface area contributed by atoms with Gasteiger partial charge in [-0.05, 0) is 37.6 Å². The van der Waals surface area contributed by atoms with Gasteiger partial charge in [-0.2, -0.15) is 0 Å². The Morgan fingerprint density at radius 1 is 1.23 bits per heavy atom. The van der Waals surface area contributed by atoms with Crippen LogP contribution in [0.25, 0.3) is 5.65 Å².